The highest BCUT2D eigenvalue weighted by Crippen LogP contribution is 2.22. The molecule has 0 spiro atoms. The quantitative estimate of drug-likeness (QED) is 0.485. The number of methoxy groups -OCH3 is 1. The molecule has 0 saturated heterocycles. The van der Waals surface area contributed by atoms with Crippen molar-refractivity contribution >= 4 is 28.9 Å². The van der Waals surface area contributed by atoms with E-state index in [9.17, 15) is 19.7 Å². The second kappa shape index (κ2) is 8.66. The molecular weight excluding hydrogens is 374 g/mol. The van der Waals surface area contributed by atoms with Crippen molar-refractivity contribution in [2.24, 2.45) is 0 Å². The normalized spacial score (nSPS) is 10.1. The smallest absolute Gasteiger partial charge is 0.282 e. The van der Waals surface area contributed by atoms with Gasteiger partial charge < -0.3 is 15.4 Å². The van der Waals surface area contributed by atoms with Gasteiger partial charge in [-0.3, -0.25) is 19.7 Å². The number of hydrogen-bond donors (Lipinski definition) is 2. The molecule has 0 bridgehead atoms. The molecule has 0 saturated carbocycles. The molecule has 146 valence electrons. The Morgan fingerprint density at radius 1 is 0.828 bits per heavy atom. The average Bonchev–Trinajstić information content (AvgIpc) is 2.74. The lowest BCUT2D eigenvalue weighted by Crippen LogP contribution is -2.19. The SMILES string of the molecule is COc1ccc(NC(=O)c2ccccc2NC(=O)c2ccccc2[N+](=O)[O-])cc1. The van der Waals surface area contributed by atoms with E-state index in [1.807, 2.05) is 0 Å². The van der Waals surface area contributed by atoms with Crippen LogP contribution in [0, 0.1) is 10.1 Å². The Balaban J connectivity index is 1.82. The topological polar surface area (TPSA) is 111 Å². The predicted molar refractivity (Wildman–Crippen MR) is 108 cm³/mol. The number of carbonyl (C=O) groups is 2. The first-order valence-corrected chi connectivity index (χ1v) is 8.59. The molecule has 0 unspecified atom stereocenters. The fourth-order valence-electron chi connectivity index (χ4n) is 2.68. The number of nitro groups is 1. The van der Waals surface area contributed by atoms with Crippen molar-refractivity contribution in [2.45, 2.75) is 0 Å². The van der Waals surface area contributed by atoms with Gasteiger partial charge in [-0.15, -0.1) is 0 Å². The van der Waals surface area contributed by atoms with E-state index in [4.69, 9.17) is 4.74 Å². The number of carbonyl (C=O) groups excluding carboxylic acids is 2. The summed E-state index contributed by atoms with van der Waals surface area (Å²) in [6, 6.07) is 18.8. The summed E-state index contributed by atoms with van der Waals surface area (Å²) in [7, 11) is 1.55. The third-order valence-electron chi connectivity index (χ3n) is 4.11. The Hall–Kier alpha value is -4.20. The molecular formula is C21H17N3O5. The first-order chi connectivity index (χ1) is 14.0. The molecule has 3 aromatic rings. The van der Waals surface area contributed by atoms with Crippen LogP contribution in [-0.2, 0) is 0 Å². The summed E-state index contributed by atoms with van der Waals surface area (Å²) in [6.45, 7) is 0. The van der Waals surface area contributed by atoms with Crippen molar-refractivity contribution in [1.29, 1.82) is 0 Å². The Morgan fingerprint density at radius 2 is 1.41 bits per heavy atom. The molecule has 0 heterocycles. The van der Waals surface area contributed by atoms with Gasteiger partial charge in [0.25, 0.3) is 17.5 Å². The zero-order chi connectivity index (χ0) is 20.8. The van der Waals surface area contributed by atoms with Gasteiger partial charge in [0.05, 0.1) is 23.3 Å². The van der Waals surface area contributed by atoms with Gasteiger partial charge in [0.2, 0.25) is 0 Å². The number of ether oxygens (including phenoxy) is 1. The maximum absolute atomic E-state index is 12.7. The van der Waals surface area contributed by atoms with E-state index in [1.54, 1.807) is 55.6 Å². The molecule has 0 aliphatic carbocycles. The minimum Gasteiger partial charge on any atom is -0.497 e. The zero-order valence-electron chi connectivity index (χ0n) is 15.4. The van der Waals surface area contributed by atoms with Crippen LogP contribution in [0.15, 0.2) is 72.8 Å². The van der Waals surface area contributed by atoms with E-state index in [0.29, 0.717) is 11.4 Å². The number of benzene rings is 3. The van der Waals surface area contributed by atoms with Crippen LogP contribution in [0.2, 0.25) is 0 Å². The molecule has 29 heavy (non-hydrogen) atoms. The lowest BCUT2D eigenvalue weighted by molar-refractivity contribution is -0.385. The minimum atomic E-state index is -0.679. The highest BCUT2D eigenvalue weighted by atomic mass is 16.6. The van der Waals surface area contributed by atoms with Crippen molar-refractivity contribution < 1.29 is 19.2 Å². The molecule has 8 heteroatoms. The lowest BCUT2D eigenvalue weighted by Gasteiger charge is -2.12. The summed E-state index contributed by atoms with van der Waals surface area (Å²) >= 11 is 0. The van der Waals surface area contributed by atoms with Crippen LogP contribution in [-0.4, -0.2) is 23.8 Å². The average molecular weight is 391 g/mol. The number of amides is 2. The Bertz CT molecular complexity index is 1060. The van der Waals surface area contributed by atoms with E-state index < -0.39 is 16.7 Å². The van der Waals surface area contributed by atoms with E-state index in [2.05, 4.69) is 10.6 Å². The largest absolute Gasteiger partial charge is 0.497 e. The summed E-state index contributed by atoms with van der Waals surface area (Å²) in [5, 5.41) is 16.5. The Morgan fingerprint density at radius 3 is 2.07 bits per heavy atom. The van der Waals surface area contributed by atoms with Crippen LogP contribution in [0.3, 0.4) is 0 Å². The van der Waals surface area contributed by atoms with E-state index in [1.165, 1.54) is 24.3 Å². The van der Waals surface area contributed by atoms with Crippen LogP contribution in [0.25, 0.3) is 0 Å². The molecule has 0 aliphatic rings. The van der Waals surface area contributed by atoms with Gasteiger partial charge in [0.1, 0.15) is 11.3 Å². The van der Waals surface area contributed by atoms with Gasteiger partial charge in [-0.2, -0.15) is 0 Å². The highest BCUT2D eigenvalue weighted by Gasteiger charge is 2.21. The number of nitro benzene ring substituents is 1. The van der Waals surface area contributed by atoms with Gasteiger partial charge in [0.15, 0.2) is 0 Å². The third-order valence-corrected chi connectivity index (χ3v) is 4.11. The molecule has 0 fully saturated rings. The molecule has 0 atom stereocenters. The van der Waals surface area contributed by atoms with Gasteiger partial charge in [-0.05, 0) is 42.5 Å². The van der Waals surface area contributed by atoms with Crippen molar-refractivity contribution in [2.75, 3.05) is 17.7 Å². The Labute approximate surface area is 166 Å². The molecule has 2 N–H and O–H groups in total. The number of para-hydroxylation sites is 2. The van der Waals surface area contributed by atoms with Crippen molar-refractivity contribution in [3.05, 3.63) is 94.0 Å². The van der Waals surface area contributed by atoms with Crippen molar-refractivity contribution in [1.82, 2.24) is 0 Å². The third kappa shape index (κ3) is 4.56. The van der Waals surface area contributed by atoms with Gasteiger partial charge in [-0.1, -0.05) is 24.3 Å². The van der Waals surface area contributed by atoms with Crippen molar-refractivity contribution in [3.8, 4) is 5.75 Å². The fourth-order valence-corrected chi connectivity index (χ4v) is 2.68. The highest BCUT2D eigenvalue weighted by molar-refractivity contribution is 6.13. The van der Waals surface area contributed by atoms with E-state index in [0.717, 1.165) is 0 Å². The molecule has 0 aromatic heterocycles. The number of nitrogens with one attached hydrogen (secondary N) is 2. The van der Waals surface area contributed by atoms with Gasteiger partial charge in [-0.25, -0.2) is 0 Å². The second-order valence-electron chi connectivity index (χ2n) is 5.96. The fraction of sp³-hybridized carbons (Fsp3) is 0.0476. The monoisotopic (exact) mass is 391 g/mol. The molecule has 0 radical (unpaired) electrons. The van der Waals surface area contributed by atoms with Crippen molar-refractivity contribution in [3.63, 3.8) is 0 Å². The number of hydrogen-bond acceptors (Lipinski definition) is 5. The van der Waals surface area contributed by atoms with E-state index >= 15 is 0 Å². The predicted octanol–water partition coefficient (Wildman–Crippen LogP) is 4.11. The standard InChI is InChI=1S/C21H17N3O5/c1-29-15-12-10-14(11-13-15)22-20(25)16-6-2-4-8-18(16)23-21(26)17-7-3-5-9-19(17)24(27)28/h2-13H,1H3,(H,22,25)(H,23,26). The van der Waals surface area contributed by atoms with Crippen LogP contribution in [0.1, 0.15) is 20.7 Å². The first kappa shape index (κ1) is 19.6. The lowest BCUT2D eigenvalue weighted by atomic mass is 10.1. The number of rotatable bonds is 6. The summed E-state index contributed by atoms with van der Waals surface area (Å²) in [5.74, 6) is -0.462. The minimum absolute atomic E-state index is 0.0946. The maximum Gasteiger partial charge on any atom is 0.282 e. The van der Waals surface area contributed by atoms with Crippen LogP contribution < -0.4 is 15.4 Å². The summed E-state index contributed by atoms with van der Waals surface area (Å²) in [5.41, 5.74) is 0.598. The molecule has 3 rings (SSSR count). The molecule has 2 amide bonds. The van der Waals surface area contributed by atoms with E-state index in [-0.39, 0.29) is 22.5 Å². The van der Waals surface area contributed by atoms with Crippen LogP contribution in [0.4, 0.5) is 17.1 Å². The zero-order valence-corrected chi connectivity index (χ0v) is 15.4. The first-order valence-electron chi connectivity index (χ1n) is 8.59. The molecule has 3 aromatic carbocycles. The summed E-state index contributed by atoms with van der Waals surface area (Å²) in [6.07, 6.45) is 0. The second-order valence-corrected chi connectivity index (χ2v) is 5.96. The maximum atomic E-state index is 12.7. The van der Waals surface area contributed by atoms with Crippen LogP contribution >= 0.6 is 0 Å². The van der Waals surface area contributed by atoms with Gasteiger partial charge in [0, 0.05) is 11.8 Å². The summed E-state index contributed by atoms with van der Waals surface area (Å²) < 4.78 is 5.08. The summed E-state index contributed by atoms with van der Waals surface area (Å²) in [4.78, 5) is 35.8. The van der Waals surface area contributed by atoms with Crippen LogP contribution in [0.5, 0.6) is 5.75 Å². The Kier molecular flexibility index (Phi) is 5.84. The number of nitrogens with zero attached hydrogens (tertiary/aromatic N) is 1. The molecule has 8 nitrogen and oxygen atoms in total. The number of anilines is 2. The molecule has 0 aliphatic heterocycles. The van der Waals surface area contributed by atoms with Gasteiger partial charge >= 0.3 is 0 Å².